The Bertz CT molecular complexity index is 836. The molecule has 2 aliphatic rings. The fourth-order valence-corrected chi connectivity index (χ4v) is 4.11. The summed E-state index contributed by atoms with van der Waals surface area (Å²) in [6.45, 7) is 6.92. The topological polar surface area (TPSA) is 54.0 Å². The maximum Gasteiger partial charge on any atom is 0.257 e. The van der Waals surface area contributed by atoms with Gasteiger partial charge in [-0.25, -0.2) is 0 Å². The Hall–Kier alpha value is -2.57. The second-order valence-electron chi connectivity index (χ2n) is 7.85. The number of carbonyl (C=O) groups is 1. The smallest absolute Gasteiger partial charge is 0.257 e. The van der Waals surface area contributed by atoms with E-state index >= 15 is 0 Å². The van der Waals surface area contributed by atoms with Gasteiger partial charge in [-0.2, -0.15) is 0 Å². The predicted molar refractivity (Wildman–Crippen MR) is 118 cm³/mol. The number of anilines is 1. The number of rotatable bonds is 8. The van der Waals surface area contributed by atoms with Crippen molar-refractivity contribution in [2.24, 2.45) is 0 Å². The second kappa shape index (κ2) is 10.5. The summed E-state index contributed by atoms with van der Waals surface area (Å²) in [6.07, 6.45) is 2.05. The van der Waals surface area contributed by atoms with E-state index in [1.54, 1.807) is 0 Å². The third kappa shape index (κ3) is 5.52. The van der Waals surface area contributed by atoms with Crippen molar-refractivity contribution in [3.05, 3.63) is 59.7 Å². The molecule has 1 fully saturated rings. The monoisotopic (exact) mass is 409 g/mol. The van der Waals surface area contributed by atoms with Gasteiger partial charge in [0.2, 0.25) is 0 Å². The molecule has 0 unspecified atom stereocenters. The van der Waals surface area contributed by atoms with Crippen LogP contribution >= 0.6 is 0 Å². The molecule has 2 aliphatic heterocycles. The highest BCUT2D eigenvalue weighted by atomic mass is 16.5. The number of benzene rings is 2. The molecule has 4 rings (SSSR count). The molecule has 0 atom stereocenters. The van der Waals surface area contributed by atoms with Crippen molar-refractivity contribution in [3.8, 4) is 5.75 Å². The second-order valence-corrected chi connectivity index (χ2v) is 7.85. The van der Waals surface area contributed by atoms with Crippen LogP contribution in [0.5, 0.6) is 5.75 Å². The van der Waals surface area contributed by atoms with Crippen LogP contribution in [0.1, 0.15) is 17.5 Å². The lowest BCUT2D eigenvalue weighted by molar-refractivity contribution is -0.123. The van der Waals surface area contributed by atoms with Crippen LogP contribution in [0.2, 0.25) is 0 Å². The van der Waals surface area contributed by atoms with Gasteiger partial charge in [-0.05, 0) is 36.1 Å². The third-order valence-electron chi connectivity index (χ3n) is 5.76. The first kappa shape index (κ1) is 20.7. The first-order valence-electron chi connectivity index (χ1n) is 10.9. The normalized spacial score (nSPS) is 16.7. The summed E-state index contributed by atoms with van der Waals surface area (Å²) in [5.41, 5.74) is 3.93. The fraction of sp³-hybridized carbons (Fsp3) is 0.458. The summed E-state index contributed by atoms with van der Waals surface area (Å²) in [6, 6.07) is 16.6. The van der Waals surface area contributed by atoms with Crippen LogP contribution in [-0.4, -0.2) is 63.4 Å². The van der Waals surface area contributed by atoms with E-state index in [9.17, 15) is 4.79 Å². The van der Waals surface area contributed by atoms with E-state index in [1.807, 2.05) is 24.3 Å². The van der Waals surface area contributed by atoms with E-state index in [0.29, 0.717) is 6.54 Å². The zero-order chi connectivity index (χ0) is 20.6. The van der Waals surface area contributed by atoms with Gasteiger partial charge in [0.05, 0.1) is 18.9 Å². The van der Waals surface area contributed by atoms with Gasteiger partial charge in [0.25, 0.3) is 5.91 Å². The molecule has 0 aromatic heterocycles. The maximum absolute atomic E-state index is 12.2. The van der Waals surface area contributed by atoms with Gasteiger partial charge >= 0.3 is 0 Å². The molecular formula is C24H31N3O3. The Morgan fingerprint density at radius 3 is 2.63 bits per heavy atom. The molecule has 1 N–H and O–H groups in total. The minimum absolute atomic E-state index is 0.0401. The minimum Gasteiger partial charge on any atom is -0.482 e. The van der Waals surface area contributed by atoms with Crippen LogP contribution in [0.25, 0.3) is 0 Å². The van der Waals surface area contributed by atoms with E-state index in [2.05, 4.69) is 39.4 Å². The van der Waals surface area contributed by atoms with Crippen LogP contribution in [0.4, 0.5) is 5.69 Å². The summed E-state index contributed by atoms with van der Waals surface area (Å²) in [4.78, 5) is 16.9. The molecule has 2 heterocycles. The molecule has 160 valence electrons. The average molecular weight is 410 g/mol. The van der Waals surface area contributed by atoms with Crippen molar-refractivity contribution in [2.75, 3.05) is 57.4 Å². The minimum atomic E-state index is -0.0734. The molecule has 2 aromatic carbocycles. The average Bonchev–Trinajstić information content (AvgIpc) is 2.81. The van der Waals surface area contributed by atoms with Crippen LogP contribution in [-0.2, 0) is 22.5 Å². The largest absolute Gasteiger partial charge is 0.482 e. The molecular weight excluding hydrogens is 378 g/mol. The van der Waals surface area contributed by atoms with E-state index in [-0.39, 0.29) is 12.5 Å². The molecule has 6 heteroatoms. The van der Waals surface area contributed by atoms with Crippen molar-refractivity contribution in [2.45, 2.75) is 19.4 Å². The molecule has 6 nitrogen and oxygen atoms in total. The predicted octanol–water partition coefficient (Wildman–Crippen LogP) is 2.47. The van der Waals surface area contributed by atoms with Gasteiger partial charge in [0.15, 0.2) is 6.61 Å². The number of para-hydroxylation sites is 2. The molecule has 30 heavy (non-hydrogen) atoms. The molecule has 1 saturated heterocycles. The molecule has 1 amide bonds. The molecule has 0 radical (unpaired) electrons. The Morgan fingerprint density at radius 1 is 1.00 bits per heavy atom. The van der Waals surface area contributed by atoms with Crippen molar-refractivity contribution in [1.82, 2.24) is 10.2 Å². The Balaban J connectivity index is 1.17. The van der Waals surface area contributed by atoms with E-state index in [0.717, 1.165) is 70.2 Å². The van der Waals surface area contributed by atoms with E-state index < -0.39 is 0 Å². The number of carbonyl (C=O) groups excluding carboxylic acids is 1. The first-order valence-corrected chi connectivity index (χ1v) is 10.9. The number of nitrogens with zero attached hydrogens (tertiary/aromatic N) is 2. The van der Waals surface area contributed by atoms with Crippen molar-refractivity contribution < 1.29 is 14.3 Å². The van der Waals surface area contributed by atoms with Crippen molar-refractivity contribution in [3.63, 3.8) is 0 Å². The van der Waals surface area contributed by atoms with Crippen molar-refractivity contribution in [1.29, 1.82) is 0 Å². The Labute approximate surface area is 178 Å². The van der Waals surface area contributed by atoms with Crippen LogP contribution in [0.15, 0.2) is 48.5 Å². The van der Waals surface area contributed by atoms with Gasteiger partial charge in [-0.15, -0.1) is 0 Å². The zero-order valence-corrected chi connectivity index (χ0v) is 17.5. The van der Waals surface area contributed by atoms with Crippen LogP contribution in [0.3, 0.4) is 0 Å². The number of fused-ring (bicyclic) bond motifs is 1. The first-order chi connectivity index (χ1) is 14.8. The summed E-state index contributed by atoms with van der Waals surface area (Å²) in [7, 11) is 0. The molecule has 0 saturated carbocycles. The number of hydrogen-bond acceptors (Lipinski definition) is 5. The summed E-state index contributed by atoms with van der Waals surface area (Å²) < 4.78 is 11.3. The maximum atomic E-state index is 12.2. The number of amides is 1. The standard InChI is InChI=1S/C24H31N3O3/c28-24(19-30-23-9-4-3-8-22(23)27-14-16-29-17-15-27)25-11-5-12-26-13-10-20-6-1-2-7-21(20)18-26/h1-4,6-9H,5,10-19H2,(H,25,28). The quantitative estimate of drug-likeness (QED) is 0.679. The molecule has 0 spiro atoms. The lowest BCUT2D eigenvalue weighted by Crippen LogP contribution is -2.37. The van der Waals surface area contributed by atoms with Crippen LogP contribution in [0, 0.1) is 0 Å². The molecule has 2 aromatic rings. The SMILES string of the molecule is O=C(COc1ccccc1N1CCOCC1)NCCCN1CCc2ccccc2C1. The van der Waals surface area contributed by atoms with Gasteiger partial charge in [0.1, 0.15) is 5.75 Å². The van der Waals surface area contributed by atoms with E-state index in [4.69, 9.17) is 9.47 Å². The fourth-order valence-electron chi connectivity index (χ4n) is 4.11. The number of ether oxygens (including phenoxy) is 2. The summed E-state index contributed by atoms with van der Waals surface area (Å²) >= 11 is 0. The number of morpholine rings is 1. The molecule has 0 bridgehead atoms. The lowest BCUT2D eigenvalue weighted by atomic mass is 10.00. The third-order valence-corrected chi connectivity index (χ3v) is 5.76. The zero-order valence-electron chi connectivity index (χ0n) is 17.5. The van der Waals surface area contributed by atoms with Gasteiger partial charge in [-0.1, -0.05) is 36.4 Å². The molecule has 0 aliphatic carbocycles. The van der Waals surface area contributed by atoms with Crippen LogP contribution < -0.4 is 15.0 Å². The summed E-state index contributed by atoms with van der Waals surface area (Å²) in [5.74, 6) is 0.678. The lowest BCUT2D eigenvalue weighted by Gasteiger charge is -2.30. The Kier molecular flexibility index (Phi) is 7.21. The number of hydrogen-bond donors (Lipinski definition) is 1. The van der Waals surface area contributed by atoms with Gasteiger partial charge < -0.3 is 19.7 Å². The van der Waals surface area contributed by atoms with Crippen molar-refractivity contribution >= 4 is 11.6 Å². The van der Waals surface area contributed by atoms with Gasteiger partial charge in [-0.3, -0.25) is 9.69 Å². The summed E-state index contributed by atoms with van der Waals surface area (Å²) in [5, 5.41) is 2.99. The van der Waals surface area contributed by atoms with E-state index in [1.165, 1.54) is 11.1 Å². The Morgan fingerprint density at radius 2 is 1.77 bits per heavy atom. The highest BCUT2D eigenvalue weighted by Gasteiger charge is 2.17. The highest BCUT2D eigenvalue weighted by Crippen LogP contribution is 2.28. The van der Waals surface area contributed by atoms with Gasteiger partial charge in [0, 0.05) is 39.3 Å². The number of nitrogens with one attached hydrogen (secondary N) is 1. The highest BCUT2D eigenvalue weighted by molar-refractivity contribution is 5.77.